The number of para-hydroxylation sites is 1. The average Bonchev–Trinajstić information content (AvgIpc) is 3.11. The quantitative estimate of drug-likeness (QED) is 0.462. The topological polar surface area (TPSA) is 39.2 Å². The molecule has 0 aliphatic carbocycles. The van der Waals surface area contributed by atoms with Gasteiger partial charge in [-0.05, 0) is 24.3 Å². The first-order valence-corrected chi connectivity index (χ1v) is 7.40. The predicted molar refractivity (Wildman–Crippen MR) is 87.9 cm³/mol. The maximum Gasteiger partial charge on any atom is 0.226 e. The summed E-state index contributed by atoms with van der Waals surface area (Å²) in [5.41, 5.74) is 3.62. The van der Waals surface area contributed by atoms with Crippen molar-refractivity contribution in [1.29, 1.82) is 0 Å². The number of rotatable bonds is 1. The SMILES string of the molecule is CC(C)(C)c1coc(-c2ccc3c(c2)oc2ccccc23)n1. The standard InChI is InChI=1S/C19H17NO2/c1-19(2,3)17-11-21-18(20-17)12-8-9-14-13-6-4-5-7-15(13)22-16(14)10-12/h4-11H,1-3H3. The Bertz CT molecular complexity index is 970. The second kappa shape index (κ2) is 4.47. The third kappa shape index (κ3) is 2.01. The summed E-state index contributed by atoms with van der Waals surface area (Å²) >= 11 is 0. The first-order valence-electron chi connectivity index (χ1n) is 7.40. The molecule has 2 aromatic heterocycles. The number of oxazole rings is 1. The Hall–Kier alpha value is -2.55. The molecule has 110 valence electrons. The van der Waals surface area contributed by atoms with E-state index in [-0.39, 0.29) is 5.41 Å². The predicted octanol–water partition coefficient (Wildman–Crippen LogP) is 5.54. The number of hydrogen-bond acceptors (Lipinski definition) is 3. The van der Waals surface area contributed by atoms with Gasteiger partial charge in [0, 0.05) is 21.8 Å². The molecule has 22 heavy (non-hydrogen) atoms. The minimum absolute atomic E-state index is 0.0226. The molecule has 0 saturated heterocycles. The molecular formula is C19H17NO2. The van der Waals surface area contributed by atoms with Crippen molar-refractivity contribution in [3.8, 4) is 11.5 Å². The first-order chi connectivity index (χ1) is 10.5. The highest BCUT2D eigenvalue weighted by Gasteiger charge is 2.19. The van der Waals surface area contributed by atoms with Crippen molar-refractivity contribution in [1.82, 2.24) is 4.98 Å². The van der Waals surface area contributed by atoms with E-state index in [0.717, 1.165) is 33.2 Å². The van der Waals surface area contributed by atoms with Crippen LogP contribution in [0, 0.1) is 0 Å². The van der Waals surface area contributed by atoms with Crippen LogP contribution in [-0.4, -0.2) is 4.98 Å². The normalized spacial score (nSPS) is 12.3. The molecule has 0 atom stereocenters. The van der Waals surface area contributed by atoms with Crippen LogP contribution in [0.4, 0.5) is 0 Å². The summed E-state index contributed by atoms with van der Waals surface area (Å²) in [6.45, 7) is 6.37. The number of furan rings is 1. The van der Waals surface area contributed by atoms with Crippen molar-refractivity contribution in [3.63, 3.8) is 0 Å². The summed E-state index contributed by atoms with van der Waals surface area (Å²) < 4.78 is 11.6. The maximum atomic E-state index is 5.92. The Kier molecular flexibility index (Phi) is 2.67. The van der Waals surface area contributed by atoms with Crippen molar-refractivity contribution in [2.45, 2.75) is 26.2 Å². The van der Waals surface area contributed by atoms with Gasteiger partial charge < -0.3 is 8.83 Å². The Morgan fingerprint density at radius 2 is 1.68 bits per heavy atom. The molecule has 3 nitrogen and oxygen atoms in total. The molecule has 0 aliphatic heterocycles. The molecule has 0 amide bonds. The monoisotopic (exact) mass is 291 g/mol. The minimum atomic E-state index is -0.0226. The molecule has 0 N–H and O–H groups in total. The van der Waals surface area contributed by atoms with E-state index in [9.17, 15) is 0 Å². The second-order valence-corrected chi connectivity index (χ2v) is 6.60. The van der Waals surface area contributed by atoms with Crippen LogP contribution in [-0.2, 0) is 5.41 Å². The zero-order valence-corrected chi connectivity index (χ0v) is 12.9. The van der Waals surface area contributed by atoms with Gasteiger partial charge in [0.05, 0.1) is 5.69 Å². The zero-order valence-electron chi connectivity index (χ0n) is 12.9. The van der Waals surface area contributed by atoms with Gasteiger partial charge in [0.25, 0.3) is 0 Å². The fourth-order valence-corrected chi connectivity index (χ4v) is 2.61. The van der Waals surface area contributed by atoms with E-state index in [1.165, 1.54) is 0 Å². The van der Waals surface area contributed by atoms with Gasteiger partial charge in [-0.3, -0.25) is 0 Å². The molecule has 0 aliphatic rings. The summed E-state index contributed by atoms with van der Waals surface area (Å²) in [6, 6.07) is 14.2. The highest BCUT2D eigenvalue weighted by atomic mass is 16.3. The zero-order chi connectivity index (χ0) is 15.3. The lowest BCUT2D eigenvalue weighted by Gasteiger charge is -2.12. The Morgan fingerprint density at radius 3 is 2.45 bits per heavy atom. The lowest BCUT2D eigenvalue weighted by atomic mass is 9.93. The molecule has 0 unspecified atom stereocenters. The minimum Gasteiger partial charge on any atom is -0.456 e. The van der Waals surface area contributed by atoms with E-state index in [1.807, 2.05) is 30.3 Å². The van der Waals surface area contributed by atoms with Crippen LogP contribution in [0.3, 0.4) is 0 Å². The van der Waals surface area contributed by atoms with Gasteiger partial charge >= 0.3 is 0 Å². The third-order valence-corrected chi connectivity index (χ3v) is 3.90. The van der Waals surface area contributed by atoms with E-state index in [0.29, 0.717) is 5.89 Å². The number of fused-ring (bicyclic) bond motifs is 3. The van der Waals surface area contributed by atoms with Crippen LogP contribution in [0.5, 0.6) is 0 Å². The van der Waals surface area contributed by atoms with E-state index in [1.54, 1.807) is 6.26 Å². The van der Waals surface area contributed by atoms with E-state index < -0.39 is 0 Å². The average molecular weight is 291 g/mol. The Labute approximate surface area is 128 Å². The molecule has 2 aromatic carbocycles. The van der Waals surface area contributed by atoms with Crippen molar-refractivity contribution >= 4 is 21.9 Å². The molecule has 0 bridgehead atoms. The van der Waals surface area contributed by atoms with E-state index >= 15 is 0 Å². The largest absolute Gasteiger partial charge is 0.456 e. The number of nitrogens with zero attached hydrogens (tertiary/aromatic N) is 1. The summed E-state index contributed by atoms with van der Waals surface area (Å²) in [4.78, 5) is 4.60. The fourth-order valence-electron chi connectivity index (χ4n) is 2.61. The number of benzene rings is 2. The summed E-state index contributed by atoms with van der Waals surface area (Å²) in [5, 5.41) is 2.24. The third-order valence-electron chi connectivity index (χ3n) is 3.90. The number of hydrogen-bond donors (Lipinski definition) is 0. The summed E-state index contributed by atoms with van der Waals surface area (Å²) in [5.74, 6) is 0.632. The number of aromatic nitrogens is 1. The molecule has 3 heteroatoms. The lowest BCUT2D eigenvalue weighted by Crippen LogP contribution is -2.11. The highest BCUT2D eigenvalue weighted by molar-refractivity contribution is 6.05. The van der Waals surface area contributed by atoms with Crippen LogP contribution in [0.15, 0.2) is 57.6 Å². The molecule has 4 rings (SSSR count). The molecule has 4 aromatic rings. The fraction of sp³-hybridized carbons (Fsp3) is 0.211. The van der Waals surface area contributed by atoms with Crippen molar-refractivity contribution < 1.29 is 8.83 Å². The van der Waals surface area contributed by atoms with Crippen molar-refractivity contribution in [2.24, 2.45) is 0 Å². The van der Waals surface area contributed by atoms with Gasteiger partial charge in [-0.1, -0.05) is 39.0 Å². The van der Waals surface area contributed by atoms with Gasteiger partial charge in [-0.15, -0.1) is 0 Å². The van der Waals surface area contributed by atoms with Gasteiger partial charge in [0.1, 0.15) is 17.4 Å². The van der Waals surface area contributed by atoms with Gasteiger partial charge in [0.15, 0.2) is 0 Å². The van der Waals surface area contributed by atoms with Gasteiger partial charge in [0.2, 0.25) is 5.89 Å². The molecule has 0 spiro atoms. The van der Waals surface area contributed by atoms with E-state index in [2.05, 4.69) is 37.9 Å². The van der Waals surface area contributed by atoms with Crippen molar-refractivity contribution in [2.75, 3.05) is 0 Å². The first kappa shape index (κ1) is 13.1. The van der Waals surface area contributed by atoms with Crippen LogP contribution < -0.4 is 0 Å². The van der Waals surface area contributed by atoms with Crippen LogP contribution >= 0.6 is 0 Å². The molecule has 2 heterocycles. The second-order valence-electron chi connectivity index (χ2n) is 6.60. The van der Waals surface area contributed by atoms with E-state index in [4.69, 9.17) is 8.83 Å². The maximum absolute atomic E-state index is 5.92. The summed E-state index contributed by atoms with van der Waals surface area (Å²) in [7, 11) is 0. The summed E-state index contributed by atoms with van der Waals surface area (Å²) in [6.07, 6.45) is 1.73. The van der Waals surface area contributed by atoms with Crippen LogP contribution in [0.25, 0.3) is 33.4 Å². The molecule has 0 radical (unpaired) electrons. The lowest BCUT2D eigenvalue weighted by molar-refractivity contribution is 0.543. The molecule has 0 saturated carbocycles. The van der Waals surface area contributed by atoms with Crippen molar-refractivity contribution in [3.05, 3.63) is 54.4 Å². The Balaban J connectivity index is 1.86. The molecular weight excluding hydrogens is 274 g/mol. The Morgan fingerprint density at radius 1 is 0.909 bits per heavy atom. The van der Waals surface area contributed by atoms with Crippen LogP contribution in [0.2, 0.25) is 0 Å². The van der Waals surface area contributed by atoms with Gasteiger partial charge in [-0.25, -0.2) is 4.98 Å². The van der Waals surface area contributed by atoms with Gasteiger partial charge in [-0.2, -0.15) is 0 Å². The van der Waals surface area contributed by atoms with Crippen LogP contribution in [0.1, 0.15) is 26.5 Å². The highest BCUT2D eigenvalue weighted by Crippen LogP contribution is 2.32. The molecule has 0 fully saturated rings. The smallest absolute Gasteiger partial charge is 0.226 e.